The molecule has 1 aromatic heterocycles. The molecule has 14 heavy (non-hydrogen) atoms. The van der Waals surface area contributed by atoms with Gasteiger partial charge >= 0.3 is 0 Å². The lowest BCUT2D eigenvalue weighted by Gasteiger charge is -2.03. The molecule has 0 spiro atoms. The number of pyridine rings is 1. The Kier molecular flexibility index (Phi) is 3.89. The summed E-state index contributed by atoms with van der Waals surface area (Å²) in [6.45, 7) is 1.76. The van der Waals surface area contributed by atoms with Gasteiger partial charge in [-0.1, -0.05) is 0 Å². The van der Waals surface area contributed by atoms with Crippen LogP contribution in [-0.2, 0) is 9.84 Å². The molecule has 0 saturated carbocycles. The zero-order valence-corrected chi connectivity index (χ0v) is 9.48. The molecular weight excluding hydrogens is 222 g/mol. The van der Waals surface area contributed by atoms with Gasteiger partial charge in [-0.05, 0) is 25.5 Å². The van der Waals surface area contributed by atoms with Gasteiger partial charge in [-0.15, -0.1) is 11.6 Å². The average Bonchev–Trinajstić information content (AvgIpc) is 2.15. The van der Waals surface area contributed by atoms with Crippen LogP contribution in [0.4, 0.5) is 0 Å². The summed E-state index contributed by atoms with van der Waals surface area (Å²) >= 11 is 5.45. The zero-order chi connectivity index (χ0) is 10.6. The minimum Gasteiger partial charge on any atom is -0.262 e. The van der Waals surface area contributed by atoms with Gasteiger partial charge in [0.15, 0.2) is 9.84 Å². The molecule has 0 unspecified atom stereocenters. The van der Waals surface area contributed by atoms with E-state index in [1.165, 1.54) is 12.3 Å². The molecule has 0 saturated heterocycles. The van der Waals surface area contributed by atoms with Crippen molar-refractivity contribution in [3.63, 3.8) is 0 Å². The highest BCUT2D eigenvalue weighted by Gasteiger charge is 2.13. The lowest BCUT2D eigenvalue weighted by Crippen LogP contribution is -2.07. The van der Waals surface area contributed by atoms with Gasteiger partial charge in [0.2, 0.25) is 0 Å². The molecule has 0 amide bonds. The summed E-state index contributed by atoms with van der Waals surface area (Å²) in [5.41, 5.74) is 0.706. The standard InChI is InChI=1S/C9H12ClNO2S/c1-8-7-9(3-5-11-8)14(12,13)6-2-4-10/h3,5,7H,2,4,6H2,1H3. The van der Waals surface area contributed by atoms with Crippen molar-refractivity contribution >= 4 is 21.4 Å². The Hall–Kier alpha value is -0.610. The first kappa shape index (κ1) is 11.5. The first-order valence-corrected chi connectivity index (χ1v) is 6.46. The number of nitrogens with zero attached hydrogens (tertiary/aromatic N) is 1. The largest absolute Gasteiger partial charge is 0.262 e. The second-order valence-corrected chi connectivity index (χ2v) is 5.48. The van der Waals surface area contributed by atoms with Gasteiger partial charge in [-0.3, -0.25) is 4.98 Å². The van der Waals surface area contributed by atoms with Gasteiger partial charge in [0.05, 0.1) is 10.6 Å². The second-order valence-electron chi connectivity index (χ2n) is 2.99. The van der Waals surface area contributed by atoms with Crippen molar-refractivity contribution in [2.75, 3.05) is 11.6 Å². The molecule has 1 rings (SSSR count). The van der Waals surface area contributed by atoms with E-state index < -0.39 is 9.84 Å². The van der Waals surface area contributed by atoms with Crippen molar-refractivity contribution < 1.29 is 8.42 Å². The maximum atomic E-state index is 11.7. The fourth-order valence-electron chi connectivity index (χ4n) is 1.08. The van der Waals surface area contributed by atoms with Gasteiger partial charge in [-0.25, -0.2) is 8.42 Å². The van der Waals surface area contributed by atoms with Crippen molar-refractivity contribution in [2.45, 2.75) is 18.2 Å². The second kappa shape index (κ2) is 4.75. The molecule has 0 N–H and O–H groups in total. The Bertz CT molecular complexity index is 403. The first-order valence-electron chi connectivity index (χ1n) is 4.27. The van der Waals surface area contributed by atoms with E-state index in [0.717, 1.165) is 0 Å². The fraction of sp³-hybridized carbons (Fsp3) is 0.444. The minimum absolute atomic E-state index is 0.0972. The van der Waals surface area contributed by atoms with Crippen LogP contribution in [0.5, 0.6) is 0 Å². The highest BCUT2D eigenvalue weighted by atomic mass is 35.5. The van der Waals surface area contributed by atoms with E-state index in [9.17, 15) is 8.42 Å². The molecule has 0 aromatic carbocycles. The highest BCUT2D eigenvalue weighted by Crippen LogP contribution is 2.12. The smallest absolute Gasteiger partial charge is 0.178 e. The normalized spacial score (nSPS) is 11.6. The third-order valence-electron chi connectivity index (χ3n) is 1.77. The number of halogens is 1. The quantitative estimate of drug-likeness (QED) is 0.745. The summed E-state index contributed by atoms with van der Waals surface area (Å²) in [5, 5.41) is 0. The number of rotatable bonds is 4. The predicted octanol–water partition coefficient (Wildman–Crippen LogP) is 1.79. The van der Waals surface area contributed by atoms with Crippen LogP contribution >= 0.6 is 11.6 Å². The third-order valence-corrected chi connectivity index (χ3v) is 3.84. The highest BCUT2D eigenvalue weighted by molar-refractivity contribution is 7.91. The van der Waals surface area contributed by atoms with Crippen molar-refractivity contribution in [3.8, 4) is 0 Å². The Morgan fingerprint density at radius 2 is 2.21 bits per heavy atom. The monoisotopic (exact) mass is 233 g/mol. The van der Waals surface area contributed by atoms with Crippen molar-refractivity contribution in [1.29, 1.82) is 0 Å². The molecule has 78 valence electrons. The van der Waals surface area contributed by atoms with Crippen LogP contribution in [0.2, 0.25) is 0 Å². The van der Waals surface area contributed by atoms with E-state index in [4.69, 9.17) is 11.6 Å². The lowest BCUT2D eigenvalue weighted by molar-refractivity contribution is 0.594. The van der Waals surface area contributed by atoms with E-state index >= 15 is 0 Å². The Labute approximate surface area is 89.0 Å². The molecule has 5 heteroatoms. The van der Waals surface area contributed by atoms with Crippen molar-refractivity contribution in [2.24, 2.45) is 0 Å². The molecule has 0 aliphatic carbocycles. The molecule has 0 fully saturated rings. The predicted molar refractivity (Wildman–Crippen MR) is 56.4 cm³/mol. The number of alkyl halides is 1. The molecule has 3 nitrogen and oxygen atoms in total. The van der Waals surface area contributed by atoms with Crippen LogP contribution < -0.4 is 0 Å². The summed E-state index contributed by atoms with van der Waals surface area (Å²) in [5.74, 6) is 0.462. The van der Waals surface area contributed by atoms with Gasteiger partial charge in [0, 0.05) is 17.8 Å². The topological polar surface area (TPSA) is 47.0 Å². The Morgan fingerprint density at radius 1 is 1.50 bits per heavy atom. The van der Waals surface area contributed by atoms with Gasteiger partial charge in [-0.2, -0.15) is 0 Å². The summed E-state index contributed by atoms with van der Waals surface area (Å²) in [6, 6.07) is 3.08. The van der Waals surface area contributed by atoms with Crippen LogP contribution in [-0.4, -0.2) is 25.0 Å². The Morgan fingerprint density at radius 3 is 2.79 bits per heavy atom. The van der Waals surface area contributed by atoms with E-state index in [0.29, 0.717) is 22.9 Å². The number of hydrogen-bond donors (Lipinski definition) is 0. The van der Waals surface area contributed by atoms with Crippen molar-refractivity contribution in [3.05, 3.63) is 24.0 Å². The first-order chi connectivity index (χ1) is 6.56. The summed E-state index contributed by atoms with van der Waals surface area (Å²) in [4.78, 5) is 4.27. The number of aromatic nitrogens is 1. The number of aryl methyl sites for hydroxylation is 1. The average molecular weight is 234 g/mol. The van der Waals surface area contributed by atoms with E-state index in [-0.39, 0.29) is 5.75 Å². The summed E-state index contributed by atoms with van der Waals surface area (Å²) in [7, 11) is -3.17. The molecule has 0 atom stereocenters. The van der Waals surface area contributed by atoms with Crippen LogP contribution in [0.1, 0.15) is 12.1 Å². The third kappa shape index (κ3) is 2.96. The molecule has 0 aliphatic heterocycles. The van der Waals surface area contributed by atoms with Crippen LogP contribution in [0.3, 0.4) is 0 Å². The molecule has 1 heterocycles. The van der Waals surface area contributed by atoms with Gasteiger partial charge in [0.1, 0.15) is 0 Å². The van der Waals surface area contributed by atoms with E-state index in [1.54, 1.807) is 13.0 Å². The maximum absolute atomic E-state index is 11.7. The summed E-state index contributed by atoms with van der Waals surface area (Å²) < 4.78 is 23.3. The van der Waals surface area contributed by atoms with Crippen molar-refractivity contribution in [1.82, 2.24) is 4.98 Å². The summed E-state index contributed by atoms with van der Waals surface area (Å²) in [6.07, 6.45) is 1.98. The molecule has 0 bridgehead atoms. The maximum Gasteiger partial charge on any atom is 0.178 e. The minimum atomic E-state index is -3.17. The van der Waals surface area contributed by atoms with Crippen LogP contribution in [0, 0.1) is 6.92 Å². The molecular formula is C9H12ClNO2S. The molecule has 1 aromatic rings. The van der Waals surface area contributed by atoms with Crippen LogP contribution in [0.15, 0.2) is 23.2 Å². The Balaban J connectivity index is 2.93. The van der Waals surface area contributed by atoms with Crippen LogP contribution in [0.25, 0.3) is 0 Å². The van der Waals surface area contributed by atoms with Gasteiger partial charge in [0.25, 0.3) is 0 Å². The molecule has 0 aliphatic rings. The number of sulfone groups is 1. The van der Waals surface area contributed by atoms with Gasteiger partial charge < -0.3 is 0 Å². The fourth-order valence-corrected chi connectivity index (χ4v) is 2.75. The SMILES string of the molecule is Cc1cc(S(=O)(=O)CCCCl)ccn1. The zero-order valence-electron chi connectivity index (χ0n) is 7.90. The number of hydrogen-bond acceptors (Lipinski definition) is 3. The van der Waals surface area contributed by atoms with E-state index in [1.807, 2.05) is 0 Å². The molecule has 0 radical (unpaired) electrons. The lowest BCUT2D eigenvalue weighted by atomic mass is 10.4. The van der Waals surface area contributed by atoms with E-state index in [2.05, 4.69) is 4.98 Å².